The van der Waals surface area contributed by atoms with E-state index in [1.165, 1.54) is 6.42 Å². The molecule has 0 aliphatic heterocycles. The first kappa shape index (κ1) is 19.4. The van der Waals surface area contributed by atoms with Crippen molar-refractivity contribution in [1.82, 2.24) is 9.55 Å². The maximum absolute atomic E-state index is 12.5. The Hall–Kier alpha value is -2.40. The molecule has 0 spiro atoms. The molecule has 0 bridgehead atoms. The molecule has 0 unspecified atom stereocenters. The average molecular weight is 427 g/mol. The number of aromatic nitrogens is 2. The number of imidazole rings is 1. The lowest BCUT2D eigenvalue weighted by Crippen LogP contribution is -2.02. The highest BCUT2D eigenvalue weighted by Gasteiger charge is 2.08. The molecule has 0 radical (unpaired) electrons. The molecule has 3 rings (SSSR count). The molecule has 3 aromatic rings. The summed E-state index contributed by atoms with van der Waals surface area (Å²) in [6.45, 7) is 1.72. The number of hydrogen-bond acceptors (Lipinski definition) is 3. The minimum absolute atomic E-state index is 0.0203. The van der Waals surface area contributed by atoms with Crippen LogP contribution in [0.25, 0.3) is 0 Å². The van der Waals surface area contributed by atoms with Crippen LogP contribution in [0.2, 0.25) is 0 Å². The van der Waals surface area contributed by atoms with Gasteiger partial charge in [0.25, 0.3) is 0 Å². The molecule has 4 nitrogen and oxygen atoms in total. The lowest BCUT2D eigenvalue weighted by molar-refractivity contribution is 0.103. The zero-order valence-corrected chi connectivity index (χ0v) is 16.8. The fourth-order valence-electron chi connectivity index (χ4n) is 2.83. The molecule has 140 valence electrons. The minimum atomic E-state index is 0.0203. The Morgan fingerprint density at radius 1 is 0.926 bits per heavy atom. The molecule has 1 aromatic heterocycles. The van der Waals surface area contributed by atoms with Crippen molar-refractivity contribution in [3.8, 4) is 5.75 Å². The highest BCUT2D eigenvalue weighted by atomic mass is 79.9. The summed E-state index contributed by atoms with van der Waals surface area (Å²) in [6, 6.07) is 14.8. The number of nitrogens with zero attached hydrogens (tertiary/aromatic N) is 2. The number of hydrogen-bond donors (Lipinski definition) is 0. The predicted octanol–water partition coefficient (Wildman–Crippen LogP) is 5.52. The molecule has 0 aliphatic carbocycles. The van der Waals surface area contributed by atoms with E-state index in [0.717, 1.165) is 36.0 Å². The summed E-state index contributed by atoms with van der Waals surface area (Å²) >= 11 is 3.38. The molecular weight excluding hydrogens is 404 g/mol. The van der Waals surface area contributed by atoms with Gasteiger partial charge in [0.15, 0.2) is 5.78 Å². The third-order valence-corrected chi connectivity index (χ3v) is 4.89. The van der Waals surface area contributed by atoms with E-state index in [1.54, 1.807) is 0 Å². The lowest BCUT2D eigenvalue weighted by Gasteiger charge is -2.07. The van der Waals surface area contributed by atoms with Gasteiger partial charge in [0.2, 0.25) is 0 Å². The quantitative estimate of drug-likeness (QED) is 0.316. The van der Waals surface area contributed by atoms with Gasteiger partial charge in [0, 0.05) is 34.5 Å². The number of aryl methyl sites for hydroxylation is 1. The van der Waals surface area contributed by atoms with E-state index < -0.39 is 0 Å². The van der Waals surface area contributed by atoms with E-state index in [2.05, 4.69) is 25.5 Å². The minimum Gasteiger partial charge on any atom is -0.494 e. The van der Waals surface area contributed by atoms with Crippen LogP contribution in [0.4, 0.5) is 0 Å². The van der Waals surface area contributed by atoms with Crippen LogP contribution in [0, 0.1) is 0 Å². The largest absolute Gasteiger partial charge is 0.494 e. The van der Waals surface area contributed by atoms with Crippen molar-refractivity contribution < 1.29 is 9.53 Å². The molecule has 27 heavy (non-hydrogen) atoms. The van der Waals surface area contributed by atoms with Crippen LogP contribution >= 0.6 is 15.9 Å². The van der Waals surface area contributed by atoms with Gasteiger partial charge in [-0.15, -0.1) is 0 Å². The zero-order chi connectivity index (χ0) is 18.9. The van der Waals surface area contributed by atoms with Gasteiger partial charge in [-0.1, -0.05) is 28.8 Å². The summed E-state index contributed by atoms with van der Waals surface area (Å²) in [5.41, 5.74) is 1.35. The number of benzene rings is 2. The molecule has 0 saturated carbocycles. The maximum Gasteiger partial charge on any atom is 0.193 e. The fourth-order valence-corrected chi connectivity index (χ4v) is 3.09. The van der Waals surface area contributed by atoms with Crippen LogP contribution in [0.15, 0.2) is 71.7 Å². The summed E-state index contributed by atoms with van der Waals surface area (Å²) < 4.78 is 8.85. The first-order valence-electron chi connectivity index (χ1n) is 9.21. The molecule has 0 saturated heterocycles. The van der Waals surface area contributed by atoms with Gasteiger partial charge in [0.05, 0.1) is 12.9 Å². The van der Waals surface area contributed by atoms with Gasteiger partial charge < -0.3 is 9.30 Å². The summed E-state index contributed by atoms with van der Waals surface area (Å²) in [7, 11) is 0. The smallest absolute Gasteiger partial charge is 0.193 e. The molecule has 1 heterocycles. The highest BCUT2D eigenvalue weighted by Crippen LogP contribution is 2.18. The zero-order valence-electron chi connectivity index (χ0n) is 15.2. The van der Waals surface area contributed by atoms with E-state index in [-0.39, 0.29) is 5.78 Å². The van der Waals surface area contributed by atoms with Crippen molar-refractivity contribution in [3.05, 3.63) is 82.9 Å². The van der Waals surface area contributed by atoms with Crippen molar-refractivity contribution in [1.29, 1.82) is 0 Å². The third-order valence-electron chi connectivity index (χ3n) is 4.36. The van der Waals surface area contributed by atoms with Gasteiger partial charge in [-0.25, -0.2) is 4.98 Å². The van der Waals surface area contributed by atoms with Crippen LogP contribution in [0.5, 0.6) is 5.75 Å². The second kappa shape index (κ2) is 10.1. The van der Waals surface area contributed by atoms with Crippen molar-refractivity contribution >= 4 is 21.7 Å². The van der Waals surface area contributed by atoms with E-state index >= 15 is 0 Å². The Labute approximate surface area is 168 Å². The first-order valence-corrected chi connectivity index (χ1v) is 10.0. The lowest BCUT2D eigenvalue weighted by atomic mass is 10.0. The number of ketones is 1. The standard InChI is InChI=1S/C22H23BrN2O2/c23-20-9-5-18(6-10-20)22(26)19-7-11-21(12-8-19)27-16-4-2-1-3-14-25-15-13-24-17-25/h5-13,15,17H,1-4,14,16H2. The molecule has 2 aromatic carbocycles. The monoisotopic (exact) mass is 426 g/mol. The number of carbonyl (C=O) groups excluding carboxylic acids is 1. The first-order chi connectivity index (χ1) is 13.2. The van der Waals surface area contributed by atoms with Gasteiger partial charge in [-0.05, 0) is 61.4 Å². The van der Waals surface area contributed by atoms with E-state index in [1.807, 2.05) is 67.3 Å². The number of halogens is 1. The number of ether oxygens (including phenoxy) is 1. The third kappa shape index (κ3) is 6.07. The SMILES string of the molecule is O=C(c1ccc(Br)cc1)c1ccc(OCCCCCCn2ccnc2)cc1. The Kier molecular flexibility index (Phi) is 7.22. The molecule has 0 atom stereocenters. The molecule has 0 fully saturated rings. The van der Waals surface area contributed by atoms with Crippen molar-refractivity contribution in [2.45, 2.75) is 32.2 Å². The Balaban J connectivity index is 1.36. The van der Waals surface area contributed by atoms with Gasteiger partial charge in [-0.3, -0.25) is 4.79 Å². The molecular formula is C22H23BrN2O2. The van der Waals surface area contributed by atoms with Gasteiger partial charge in [-0.2, -0.15) is 0 Å². The van der Waals surface area contributed by atoms with Crippen molar-refractivity contribution in [3.63, 3.8) is 0 Å². The predicted molar refractivity (Wildman–Crippen MR) is 110 cm³/mol. The van der Waals surface area contributed by atoms with Crippen LogP contribution in [-0.2, 0) is 6.54 Å². The summed E-state index contributed by atoms with van der Waals surface area (Å²) in [6.07, 6.45) is 10.2. The summed E-state index contributed by atoms with van der Waals surface area (Å²) in [5.74, 6) is 0.827. The van der Waals surface area contributed by atoms with Crippen molar-refractivity contribution in [2.24, 2.45) is 0 Å². The highest BCUT2D eigenvalue weighted by molar-refractivity contribution is 9.10. The summed E-state index contributed by atoms with van der Waals surface area (Å²) in [4.78, 5) is 16.5. The second-order valence-electron chi connectivity index (χ2n) is 6.42. The van der Waals surface area contributed by atoms with Gasteiger partial charge in [0.1, 0.15) is 5.75 Å². The van der Waals surface area contributed by atoms with Crippen LogP contribution in [-0.4, -0.2) is 21.9 Å². The van der Waals surface area contributed by atoms with Crippen LogP contribution in [0.1, 0.15) is 41.6 Å². The Bertz CT molecular complexity index is 828. The Morgan fingerprint density at radius 3 is 2.26 bits per heavy atom. The number of rotatable bonds is 10. The summed E-state index contributed by atoms with van der Waals surface area (Å²) in [5, 5.41) is 0. The van der Waals surface area contributed by atoms with Crippen LogP contribution < -0.4 is 4.74 Å². The van der Waals surface area contributed by atoms with Crippen LogP contribution in [0.3, 0.4) is 0 Å². The van der Waals surface area contributed by atoms with Gasteiger partial charge >= 0.3 is 0 Å². The maximum atomic E-state index is 12.5. The number of unbranched alkanes of at least 4 members (excludes halogenated alkanes) is 3. The molecule has 5 heteroatoms. The number of carbonyl (C=O) groups is 1. The molecule has 0 N–H and O–H groups in total. The van der Waals surface area contributed by atoms with Crippen molar-refractivity contribution in [2.75, 3.05) is 6.61 Å². The topological polar surface area (TPSA) is 44.1 Å². The normalized spacial score (nSPS) is 10.7. The molecule has 0 amide bonds. The second-order valence-corrected chi connectivity index (χ2v) is 7.34. The van der Waals surface area contributed by atoms with E-state index in [4.69, 9.17) is 4.74 Å². The van der Waals surface area contributed by atoms with E-state index in [0.29, 0.717) is 17.7 Å². The van der Waals surface area contributed by atoms with E-state index in [9.17, 15) is 4.79 Å². The molecule has 0 aliphatic rings. The fraction of sp³-hybridized carbons (Fsp3) is 0.273. The Morgan fingerprint density at radius 2 is 1.59 bits per heavy atom. The average Bonchev–Trinajstić information content (AvgIpc) is 3.21.